The lowest BCUT2D eigenvalue weighted by Gasteiger charge is -2.13. The summed E-state index contributed by atoms with van der Waals surface area (Å²) in [4.78, 5) is 0. The zero-order chi connectivity index (χ0) is 19.0. The molecule has 0 aliphatic heterocycles. The van der Waals surface area contributed by atoms with Crippen LogP contribution in [-0.4, -0.2) is 31.6 Å². The monoisotopic (exact) mass is 379 g/mol. The first-order valence-corrected chi connectivity index (χ1v) is 8.86. The third kappa shape index (κ3) is 3.06. The van der Waals surface area contributed by atoms with E-state index < -0.39 is 0 Å². The Balaban J connectivity index is 1.97. The van der Waals surface area contributed by atoms with Crippen molar-refractivity contribution in [2.24, 2.45) is 0 Å². The van der Waals surface area contributed by atoms with Crippen LogP contribution < -0.4 is 4.74 Å². The molecule has 0 radical (unpaired) electrons. The van der Waals surface area contributed by atoms with E-state index in [4.69, 9.17) is 4.74 Å². The van der Waals surface area contributed by atoms with E-state index in [0.717, 1.165) is 22.2 Å². The van der Waals surface area contributed by atoms with Gasteiger partial charge in [0, 0.05) is 11.5 Å². The van der Waals surface area contributed by atoms with E-state index >= 15 is 0 Å². The minimum atomic E-state index is -0.0905. The Hall–Kier alpha value is -3.19. The minimum Gasteiger partial charge on any atom is -0.508 e. The highest BCUT2D eigenvalue weighted by Gasteiger charge is 2.18. The highest BCUT2D eigenvalue weighted by atomic mass is 32.1. The van der Waals surface area contributed by atoms with Gasteiger partial charge < -0.3 is 14.9 Å². The van der Waals surface area contributed by atoms with Crippen LogP contribution in [0.5, 0.6) is 17.2 Å². The summed E-state index contributed by atoms with van der Waals surface area (Å²) in [6.45, 7) is 2.51. The number of thiol groups is 1. The van der Waals surface area contributed by atoms with Crippen molar-refractivity contribution in [3.8, 4) is 34.3 Å². The first-order valence-electron chi connectivity index (χ1n) is 8.41. The fourth-order valence-corrected chi connectivity index (χ4v) is 3.32. The molecule has 0 spiro atoms. The maximum Gasteiger partial charge on any atom is 0.193 e. The molecule has 0 saturated heterocycles. The second-order valence-corrected chi connectivity index (χ2v) is 6.35. The molecule has 7 heteroatoms. The first-order chi connectivity index (χ1) is 13.1. The lowest BCUT2D eigenvalue weighted by atomic mass is 10.1. The SMILES string of the molecule is CCOc1ccc2cccc(-n3c(S)nnc3-c3ccc(O)cc3O)c2c1. The van der Waals surface area contributed by atoms with E-state index in [2.05, 4.69) is 22.8 Å². The lowest BCUT2D eigenvalue weighted by molar-refractivity contribution is 0.340. The highest BCUT2D eigenvalue weighted by molar-refractivity contribution is 7.80. The van der Waals surface area contributed by atoms with Gasteiger partial charge in [-0.1, -0.05) is 18.2 Å². The maximum atomic E-state index is 10.3. The molecule has 136 valence electrons. The van der Waals surface area contributed by atoms with Crippen molar-refractivity contribution in [1.29, 1.82) is 0 Å². The van der Waals surface area contributed by atoms with Gasteiger partial charge in [-0.2, -0.15) is 0 Å². The molecule has 0 saturated carbocycles. The summed E-state index contributed by atoms with van der Waals surface area (Å²) >= 11 is 4.45. The molecule has 3 aromatic carbocycles. The van der Waals surface area contributed by atoms with Crippen LogP contribution in [0.25, 0.3) is 27.8 Å². The second kappa shape index (κ2) is 6.85. The van der Waals surface area contributed by atoms with Gasteiger partial charge >= 0.3 is 0 Å². The molecule has 4 rings (SSSR count). The molecular formula is C20H17N3O3S. The van der Waals surface area contributed by atoms with Gasteiger partial charge in [-0.05, 0) is 42.6 Å². The molecule has 0 amide bonds. The number of benzene rings is 3. The Labute approximate surface area is 161 Å². The van der Waals surface area contributed by atoms with Crippen LogP contribution >= 0.6 is 12.6 Å². The van der Waals surface area contributed by atoms with Gasteiger partial charge in [-0.3, -0.25) is 4.57 Å². The quantitative estimate of drug-likeness (QED) is 0.464. The smallest absolute Gasteiger partial charge is 0.193 e. The van der Waals surface area contributed by atoms with E-state index in [1.807, 2.05) is 43.3 Å². The van der Waals surface area contributed by atoms with E-state index in [0.29, 0.717) is 23.2 Å². The number of rotatable bonds is 4. The molecule has 0 bridgehead atoms. The maximum absolute atomic E-state index is 10.3. The van der Waals surface area contributed by atoms with Crippen molar-refractivity contribution in [3.63, 3.8) is 0 Å². The molecule has 2 N–H and O–H groups in total. The normalized spacial score (nSPS) is 11.0. The summed E-state index contributed by atoms with van der Waals surface area (Å²) in [5, 5.41) is 30.4. The van der Waals surface area contributed by atoms with Crippen LogP contribution in [0.1, 0.15) is 6.92 Å². The van der Waals surface area contributed by atoms with Crippen molar-refractivity contribution >= 4 is 23.4 Å². The Morgan fingerprint density at radius 2 is 1.89 bits per heavy atom. The van der Waals surface area contributed by atoms with Crippen molar-refractivity contribution < 1.29 is 14.9 Å². The molecule has 0 unspecified atom stereocenters. The minimum absolute atomic E-state index is 0.0278. The zero-order valence-electron chi connectivity index (χ0n) is 14.5. The third-order valence-corrected chi connectivity index (χ3v) is 4.54. The molecule has 0 aliphatic rings. The van der Waals surface area contributed by atoms with Gasteiger partial charge in [0.05, 0.1) is 17.9 Å². The van der Waals surface area contributed by atoms with Crippen LogP contribution in [0.2, 0.25) is 0 Å². The predicted molar refractivity (Wildman–Crippen MR) is 106 cm³/mol. The van der Waals surface area contributed by atoms with Crippen molar-refractivity contribution in [2.75, 3.05) is 6.61 Å². The number of aromatic hydroxyl groups is 2. The summed E-state index contributed by atoms with van der Waals surface area (Å²) in [6, 6.07) is 16.1. The van der Waals surface area contributed by atoms with E-state index in [1.54, 1.807) is 10.6 Å². The molecule has 0 atom stereocenters. The summed E-state index contributed by atoms with van der Waals surface area (Å²) in [7, 11) is 0. The van der Waals surface area contributed by atoms with Crippen molar-refractivity contribution in [2.45, 2.75) is 12.1 Å². The van der Waals surface area contributed by atoms with E-state index in [9.17, 15) is 10.2 Å². The van der Waals surface area contributed by atoms with Crippen molar-refractivity contribution in [3.05, 3.63) is 54.6 Å². The zero-order valence-corrected chi connectivity index (χ0v) is 15.4. The number of ether oxygens (including phenoxy) is 1. The standard InChI is InChI=1S/C20H17N3O3S/c1-2-26-14-8-6-12-4-3-5-17(16(12)11-14)23-19(21-22-20(23)27)15-9-7-13(24)10-18(15)25/h3-11,24-25H,2H2,1H3,(H,22,27). The Kier molecular flexibility index (Phi) is 4.37. The molecule has 27 heavy (non-hydrogen) atoms. The fraction of sp³-hybridized carbons (Fsp3) is 0.100. The highest BCUT2D eigenvalue weighted by Crippen LogP contribution is 2.35. The van der Waals surface area contributed by atoms with Gasteiger partial charge in [-0.25, -0.2) is 0 Å². The number of fused-ring (bicyclic) bond motifs is 1. The fourth-order valence-electron chi connectivity index (χ4n) is 3.07. The Bertz CT molecular complexity index is 1140. The number of phenols is 2. The van der Waals surface area contributed by atoms with E-state index in [1.165, 1.54) is 12.1 Å². The summed E-state index contributed by atoms with van der Waals surface area (Å²) in [6.07, 6.45) is 0. The average Bonchev–Trinajstić information content (AvgIpc) is 3.02. The largest absolute Gasteiger partial charge is 0.508 e. The topological polar surface area (TPSA) is 80.4 Å². The van der Waals surface area contributed by atoms with Gasteiger partial charge in [0.25, 0.3) is 0 Å². The summed E-state index contributed by atoms with van der Waals surface area (Å²) in [5.41, 5.74) is 1.25. The molecule has 1 aromatic heterocycles. The average molecular weight is 379 g/mol. The van der Waals surface area contributed by atoms with Gasteiger partial charge in [-0.15, -0.1) is 22.8 Å². The number of aromatic nitrogens is 3. The lowest BCUT2D eigenvalue weighted by Crippen LogP contribution is -2.00. The number of nitrogens with zero attached hydrogens (tertiary/aromatic N) is 3. The van der Waals surface area contributed by atoms with Gasteiger partial charge in [0.1, 0.15) is 17.2 Å². The van der Waals surface area contributed by atoms with Crippen molar-refractivity contribution in [1.82, 2.24) is 14.8 Å². The van der Waals surface area contributed by atoms with Crippen LogP contribution in [0.15, 0.2) is 59.8 Å². The van der Waals surface area contributed by atoms with Crippen LogP contribution in [-0.2, 0) is 0 Å². The third-order valence-electron chi connectivity index (χ3n) is 4.25. The molecule has 0 aliphatic carbocycles. The molecular weight excluding hydrogens is 362 g/mol. The summed E-state index contributed by atoms with van der Waals surface area (Å²) < 4.78 is 7.39. The number of phenolic OH excluding ortho intramolecular Hbond substituents is 2. The van der Waals surface area contributed by atoms with Gasteiger partial charge in [0.2, 0.25) is 0 Å². The van der Waals surface area contributed by atoms with Crippen LogP contribution in [0.3, 0.4) is 0 Å². The number of hydrogen-bond donors (Lipinski definition) is 3. The predicted octanol–water partition coefficient (Wildman–Crippen LogP) is 4.19. The molecule has 4 aromatic rings. The Morgan fingerprint density at radius 3 is 2.67 bits per heavy atom. The number of hydrogen-bond acceptors (Lipinski definition) is 6. The van der Waals surface area contributed by atoms with Crippen LogP contribution in [0, 0.1) is 0 Å². The Morgan fingerprint density at radius 1 is 1.04 bits per heavy atom. The summed E-state index contributed by atoms with van der Waals surface area (Å²) in [5.74, 6) is 1.07. The molecule has 1 heterocycles. The van der Waals surface area contributed by atoms with E-state index in [-0.39, 0.29) is 11.5 Å². The first kappa shape index (κ1) is 17.2. The molecule has 0 fully saturated rings. The van der Waals surface area contributed by atoms with Gasteiger partial charge in [0.15, 0.2) is 11.0 Å². The molecule has 6 nitrogen and oxygen atoms in total. The second-order valence-electron chi connectivity index (χ2n) is 5.95. The van der Waals surface area contributed by atoms with Crippen LogP contribution in [0.4, 0.5) is 0 Å².